The Labute approximate surface area is 118 Å². The van der Waals surface area contributed by atoms with Crippen LogP contribution < -0.4 is 16.2 Å². The van der Waals surface area contributed by atoms with Gasteiger partial charge in [-0.05, 0) is 26.2 Å². The highest BCUT2D eigenvalue weighted by molar-refractivity contribution is 5.75. The van der Waals surface area contributed by atoms with Crippen molar-refractivity contribution in [3.63, 3.8) is 0 Å². The number of hydrogen-bond acceptors (Lipinski definition) is 4. The van der Waals surface area contributed by atoms with Crippen LogP contribution in [0.2, 0.25) is 0 Å². The van der Waals surface area contributed by atoms with Gasteiger partial charge in [0.1, 0.15) is 6.54 Å². The van der Waals surface area contributed by atoms with Crippen LogP contribution in [-0.4, -0.2) is 27.8 Å². The van der Waals surface area contributed by atoms with E-state index in [1.54, 1.807) is 6.20 Å². The number of rotatable bonds is 7. The number of carbonyl (C=O) groups excluding carboxylic acids is 1. The molecule has 6 nitrogen and oxygen atoms in total. The molecule has 1 amide bonds. The summed E-state index contributed by atoms with van der Waals surface area (Å²) in [6.07, 6.45) is 5.82. The first kappa shape index (κ1) is 14.6. The van der Waals surface area contributed by atoms with Crippen LogP contribution in [0, 0.1) is 0 Å². The summed E-state index contributed by atoms with van der Waals surface area (Å²) in [4.78, 5) is 23.7. The Morgan fingerprint density at radius 1 is 1.55 bits per heavy atom. The van der Waals surface area contributed by atoms with Crippen LogP contribution in [0.1, 0.15) is 39.5 Å². The highest BCUT2D eigenvalue weighted by Gasteiger charge is 2.21. The second-order valence-electron chi connectivity index (χ2n) is 5.42. The predicted octanol–water partition coefficient (Wildman–Crippen LogP) is 1.12. The first-order valence-corrected chi connectivity index (χ1v) is 7.21. The van der Waals surface area contributed by atoms with E-state index in [1.165, 1.54) is 10.7 Å². The summed E-state index contributed by atoms with van der Waals surface area (Å²) < 4.78 is 1.19. The number of anilines is 1. The zero-order valence-electron chi connectivity index (χ0n) is 12.1. The predicted molar refractivity (Wildman–Crippen MR) is 77.7 cm³/mol. The second-order valence-corrected chi connectivity index (χ2v) is 5.42. The minimum absolute atomic E-state index is 0.0312. The monoisotopic (exact) mass is 278 g/mol. The van der Waals surface area contributed by atoms with Crippen LogP contribution in [0.25, 0.3) is 0 Å². The summed E-state index contributed by atoms with van der Waals surface area (Å²) in [5.74, 6) is -0.177. The minimum Gasteiger partial charge on any atom is -0.381 e. The summed E-state index contributed by atoms with van der Waals surface area (Å²) in [6.45, 7) is 4.00. The van der Waals surface area contributed by atoms with Gasteiger partial charge in [-0.15, -0.1) is 0 Å². The molecule has 0 radical (unpaired) electrons. The number of nitrogens with zero attached hydrogens (tertiary/aromatic N) is 2. The van der Waals surface area contributed by atoms with E-state index < -0.39 is 0 Å². The summed E-state index contributed by atoms with van der Waals surface area (Å²) in [7, 11) is 0. The molecule has 1 aliphatic carbocycles. The molecular weight excluding hydrogens is 256 g/mol. The van der Waals surface area contributed by atoms with E-state index in [4.69, 9.17) is 0 Å². The molecule has 0 saturated heterocycles. The SMILES string of the molecule is CCCC(C)NC(=O)Cn1ncc(NC2CC2)cc1=O. The highest BCUT2D eigenvalue weighted by atomic mass is 16.2. The van der Waals surface area contributed by atoms with Crippen molar-refractivity contribution < 1.29 is 4.79 Å². The number of carbonyl (C=O) groups is 1. The van der Waals surface area contributed by atoms with Crippen molar-refractivity contribution in [3.05, 3.63) is 22.6 Å². The maximum atomic E-state index is 11.9. The maximum absolute atomic E-state index is 11.9. The largest absolute Gasteiger partial charge is 0.381 e. The summed E-state index contributed by atoms with van der Waals surface area (Å²) in [5, 5.41) is 10.1. The number of aromatic nitrogens is 2. The Kier molecular flexibility index (Phi) is 4.76. The molecule has 0 bridgehead atoms. The van der Waals surface area contributed by atoms with Crippen LogP contribution >= 0.6 is 0 Å². The molecule has 1 aromatic rings. The lowest BCUT2D eigenvalue weighted by atomic mass is 10.2. The molecule has 1 heterocycles. The molecule has 1 unspecified atom stereocenters. The number of amides is 1. The lowest BCUT2D eigenvalue weighted by Gasteiger charge is -2.13. The molecule has 0 aromatic carbocycles. The van der Waals surface area contributed by atoms with Gasteiger partial charge in [0, 0.05) is 18.2 Å². The standard InChI is InChI=1S/C14H22N4O2/c1-3-4-10(2)16-13(19)9-18-14(20)7-12(8-15-18)17-11-5-6-11/h7-8,10-11,17H,3-6,9H2,1-2H3,(H,16,19). The van der Waals surface area contributed by atoms with E-state index >= 15 is 0 Å². The van der Waals surface area contributed by atoms with Crippen LogP contribution in [0.3, 0.4) is 0 Å². The molecule has 1 saturated carbocycles. The van der Waals surface area contributed by atoms with Gasteiger partial charge in [-0.2, -0.15) is 5.10 Å². The third-order valence-electron chi connectivity index (χ3n) is 3.24. The zero-order valence-corrected chi connectivity index (χ0v) is 12.1. The summed E-state index contributed by atoms with van der Waals surface area (Å²) in [6, 6.07) is 2.10. The van der Waals surface area contributed by atoms with Crippen molar-refractivity contribution >= 4 is 11.6 Å². The Morgan fingerprint density at radius 3 is 2.90 bits per heavy atom. The van der Waals surface area contributed by atoms with Gasteiger partial charge >= 0.3 is 0 Å². The van der Waals surface area contributed by atoms with Gasteiger partial charge in [0.15, 0.2) is 0 Å². The fraction of sp³-hybridized carbons (Fsp3) is 0.643. The molecule has 110 valence electrons. The molecule has 6 heteroatoms. The van der Waals surface area contributed by atoms with Crippen molar-refractivity contribution in [1.29, 1.82) is 0 Å². The second kappa shape index (κ2) is 6.54. The summed E-state index contributed by atoms with van der Waals surface area (Å²) >= 11 is 0. The smallest absolute Gasteiger partial charge is 0.269 e. The van der Waals surface area contributed by atoms with Crippen LogP contribution in [0.4, 0.5) is 5.69 Å². The van der Waals surface area contributed by atoms with Crippen molar-refractivity contribution in [3.8, 4) is 0 Å². The van der Waals surface area contributed by atoms with E-state index in [0.29, 0.717) is 6.04 Å². The van der Waals surface area contributed by atoms with E-state index in [2.05, 4.69) is 22.7 Å². The van der Waals surface area contributed by atoms with Crippen molar-refractivity contribution in [1.82, 2.24) is 15.1 Å². The van der Waals surface area contributed by atoms with Gasteiger partial charge in [0.2, 0.25) is 5.91 Å². The number of nitrogens with one attached hydrogen (secondary N) is 2. The number of hydrogen-bond donors (Lipinski definition) is 2. The molecule has 1 aliphatic rings. The van der Waals surface area contributed by atoms with Crippen LogP contribution in [-0.2, 0) is 11.3 Å². The Balaban J connectivity index is 1.91. The first-order valence-electron chi connectivity index (χ1n) is 7.21. The molecule has 0 aliphatic heterocycles. The van der Waals surface area contributed by atoms with Gasteiger partial charge in [-0.25, -0.2) is 4.68 Å². The third kappa shape index (κ3) is 4.36. The zero-order chi connectivity index (χ0) is 14.5. The Hall–Kier alpha value is -1.85. The average Bonchev–Trinajstić information content (AvgIpc) is 3.17. The van der Waals surface area contributed by atoms with Crippen molar-refractivity contribution in [2.24, 2.45) is 0 Å². The van der Waals surface area contributed by atoms with E-state index in [0.717, 1.165) is 31.4 Å². The summed E-state index contributed by atoms with van der Waals surface area (Å²) in [5.41, 5.74) is 0.474. The first-order chi connectivity index (χ1) is 9.58. The Morgan fingerprint density at radius 2 is 2.30 bits per heavy atom. The van der Waals surface area contributed by atoms with Gasteiger partial charge in [0.25, 0.3) is 5.56 Å². The maximum Gasteiger partial charge on any atom is 0.269 e. The minimum atomic E-state index is -0.256. The fourth-order valence-corrected chi connectivity index (χ4v) is 2.06. The van der Waals surface area contributed by atoms with E-state index in [1.807, 2.05) is 6.92 Å². The lowest BCUT2D eigenvalue weighted by molar-refractivity contribution is -0.122. The van der Waals surface area contributed by atoms with Crippen molar-refractivity contribution in [2.75, 3.05) is 5.32 Å². The third-order valence-corrected chi connectivity index (χ3v) is 3.24. The van der Waals surface area contributed by atoms with E-state index in [-0.39, 0.29) is 24.1 Å². The topological polar surface area (TPSA) is 76.0 Å². The van der Waals surface area contributed by atoms with Gasteiger partial charge < -0.3 is 10.6 Å². The van der Waals surface area contributed by atoms with Crippen LogP contribution in [0.5, 0.6) is 0 Å². The molecule has 1 fully saturated rings. The van der Waals surface area contributed by atoms with Gasteiger partial charge in [0.05, 0.1) is 11.9 Å². The average molecular weight is 278 g/mol. The lowest BCUT2D eigenvalue weighted by Crippen LogP contribution is -2.38. The molecular formula is C14H22N4O2. The highest BCUT2D eigenvalue weighted by Crippen LogP contribution is 2.23. The molecule has 20 heavy (non-hydrogen) atoms. The Bertz CT molecular complexity index is 522. The fourth-order valence-electron chi connectivity index (χ4n) is 2.06. The molecule has 1 aromatic heterocycles. The molecule has 0 spiro atoms. The van der Waals surface area contributed by atoms with Gasteiger partial charge in [-0.1, -0.05) is 13.3 Å². The molecule has 2 rings (SSSR count). The van der Waals surface area contributed by atoms with Gasteiger partial charge in [-0.3, -0.25) is 9.59 Å². The quantitative estimate of drug-likeness (QED) is 0.783. The van der Waals surface area contributed by atoms with Crippen molar-refractivity contribution in [2.45, 2.75) is 58.2 Å². The molecule has 2 N–H and O–H groups in total. The van der Waals surface area contributed by atoms with E-state index in [9.17, 15) is 9.59 Å². The van der Waals surface area contributed by atoms with Crippen LogP contribution in [0.15, 0.2) is 17.1 Å². The molecule has 1 atom stereocenters. The normalized spacial score (nSPS) is 15.7.